The van der Waals surface area contributed by atoms with Crippen LogP contribution in [-0.4, -0.2) is 23.0 Å². The Bertz CT molecular complexity index is 1040. The van der Waals surface area contributed by atoms with Crippen LogP contribution in [0.4, 0.5) is 4.39 Å². The summed E-state index contributed by atoms with van der Waals surface area (Å²) >= 11 is 6.31. The van der Waals surface area contributed by atoms with Crippen molar-refractivity contribution in [1.82, 2.24) is 9.97 Å². The number of ether oxygens (including phenoxy) is 1. The highest BCUT2D eigenvalue weighted by Gasteiger charge is 2.19. The molecule has 4 nitrogen and oxygen atoms in total. The number of pyridine rings is 2. The van der Waals surface area contributed by atoms with Crippen molar-refractivity contribution >= 4 is 17.6 Å². The Morgan fingerprint density at radius 2 is 1.79 bits per heavy atom. The second-order valence-electron chi connectivity index (χ2n) is 7.41. The number of carbonyl (C=O) groups is 1. The van der Waals surface area contributed by atoms with Gasteiger partial charge in [-0.1, -0.05) is 38.4 Å². The highest BCUT2D eigenvalue weighted by molar-refractivity contribution is 6.33. The van der Waals surface area contributed by atoms with Crippen LogP contribution in [-0.2, 0) is 10.2 Å². The fourth-order valence-corrected chi connectivity index (χ4v) is 3.10. The molecule has 0 spiro atoms. The van der Waals surface area contributed by atoms with Crippen LogP contribution in [0.25, 0.3) is 22.3 Å². The molecule has 0 saturated heterocycles. The third-order valence-electron chi connectivity index (χ3n) is 4.40. The molecule has 0 aliphatic carbocycles. The molecule has 0 N–H and O–H groups in total. The summed E-state index contributed by atoms with van der Waals surface area (Å²) in [5.41, 5.74) is 2.75. The molecule has 3 rings (SSSR count). The molecule has 0 bridgehead atoms. The number of methoxy groups -OCH3 is 1. The molecular weight excluding hydrogens is 379 g/mol. The summed E-state index contributed by atoms with van der Waals surface area (Å²) in [6.45, 7) is 6.15. The fourth-order valence-electron chi connectivity index (χ4n) is 2.82. The molecule has 0 aliphatic rings. The van der Waals surface area contributed by atoms with E-state index in [2.05, 4.69) is 14.7 Å². The molecule has 0 radical (unpaired) electrons. The summed E-state index contributed by atoms with van der Waals surface area (Å²) in [4.78, 5) is 20.2. The Morgan fingerprint density at radius 1 is 1.07 bits per heavy atom. The molecule has 0 saturated carbocycles. The first-order valence-corrected chi connectivity index (χ1v) is 9.09. The summed E-state index contributed by atoms with van der Waals surface area (Å²) in [6, 6.07) is 8.21. The minimum Gasteiger partial charge on any atom is -0.465 e. The lowest BCUT2D eigenvalue weighted by Gasteiger charge is -2.18. The van der Waals surface area contributed by atoms with E-state index in [9.17, 15) is 4.79 Å². The number of rotatable bonds is 3. The van der Waals surface area contributed by atoms with Crippen molar-refractivity contribution in [3.63, 3.8) is 0 Å². The van der Waals surface area contributed by atoms with Gasteiger partial charge in [0.05, 0.1) is 12.7 Å². The number of esters is 1. The van der Waals surface area contributed by atoms with Crippen LogP contribution < -0.4 is 0 Å². The lowest BCUT2D eigenvalue weighted by Crippen LogP contribution is -2.13. The van der Waals surface area contributed by atoms with Crippen molar-refractivity contribution in [2.45, 2.75) is 26.2 Å². The largest absolute Gasteiger partial charge is 0.465 e. The van der Waals surface area contributed by atoms with Gasteiger partial charge in [-0.2, -0.15) is 0 Å². The van der Waals surface area contributed by atoms with Gasteiger partial charge in [-0.25, -0.2) is 9.18 Å². The second-order valence-corrected chi connectivity index (χ2v) is 7.82. The lowest BCUT2D eigenvalue weighted by molar-refractivity contribution is 0.0600. The number of hydrogen-bond acceptors (Lipinski definition) is 4. The van der Waals surface area contributed by atoms with Gasteiger partial charge in [-0.3, -0.25) is 9.97 Å². The van der Waals surface area contributed by atoms with E-state index >= 15 is 4.39 Å². The zero-order valence-electron chi connectivity index (χ0n) is 16.1. The number of aromatic nitrogens is 2. The minimum absolute atomic E-state index is 0.162. The average Bonchev–Trinajstić information content (AvgIpc) is 2.67. The van der Waals surface area contributed by atoms with Crippen molar-refractivity contribution in [2.24, 2.45) is 0 Å². The molecule has 2 aromatic heterocycles. The van der Waals surface area contributed by atoms with Crippen LogP contribution in [0.2, 0.25) is 5.02 Å². The smallest absolute Gasteiger partial charge is 0.337 e. The molecule has 28 heavy (non-hydrogen) atoms. The van der Waals surface area contributed by atoms with Crippen molar-refractivity contribution in [2.75, 3.05) is 7.11 Å². The molecule has 3 aromatic rings. The van der Waals surface area contributed by atoms with Gasteiger partial charge in [-0.05, 0) is 29.8 Å². The van der Waals surface area contributed by atoms with Crippen LogP contribution in [0, 0.1) is 5.82 Å². The number of benzene rings is 1. The van der Waals surface area contributed by atoms with Gasteiger partial charge in [0, 0.05) is 51.4 Å². The van der Waals surface area contributed by atoms with E-state index < -0.39 is 11.8 Å². The Labute approximate surface area is 168 Å². The SMILES string of the molecule is COC(=O)c1ccc(-c2cncc(-c3ccnc(C(C)(C)C)c3)c2F)c(Cl)c1. The van der Waals surface area contributed by atoms with Crippen LogP contribution >= 0.6 is 11.6 Å². The number of nitrogens with zero attached hydrogens (tertiary/aromatic N) is 2. The lowest BCUT2D eigenvalue weighted by atomic mass is 9.90. The van der Waals surface area contributed by atoms with Gasteiger partial charge in [0.1, 0.15) is 5.82 Å². The van der Waals surface area contributed by atoms with Gasteiger partial charge < -0.3 is 4.74 Å². The molecular formula is C22H20ClFN2O2. The third-order valence-corrected chi connectivity index (χ3v) is 4.71. The quantitative estimate of drug-likeness (QED) is 0.532. The van der Waals surface area contributed by atoms with E-state index in [4.69, 9.17) is 11.6 Å². The number of carbonyl (C=O) groups excluding carboxylic acids is 1. The first-order chi connectivity index (χ1) is 13.2. The highest BCUT2D eigenvalue weighted by atomic mass is 35.5. The van der Waals surface area contributed by atoms with Gasteiger partial charge in [-0.15, -0.1) is 0 Å². The number of halogens is 2. The van der Waals surface area contributed by atoms with Crippen LogP contribution in [0.1, 0.15) is 36.8 Å². The van der Waals surface area contributed by atoms with E-state index in [0.717, 1.165) is 5.69 Å². The molecule has 0 atom stereocenters. The molecule has 6 heteroatoms. The van der Waals surface area contributed by atoms with Crippen molar-refractivity contribution in [3.8, 4) is 22.3 Å². The van der Waals surface area contributed by atoms with Crippen molar-refractivity contribution in [3.05, 3.63) is 71.0 Å². The summed E-state index contributed by atoms with van der Waals surface area (Å²) in [5, 5.41) is 0.242. The van der Waals surface area contributed by atoms with Crippen LogP contribution in [0.15, 0.2) is 48.9 Å². The van der Waals surface area contributed by atoms with E-state index in [-0.39, 0.29) is 16.0 Å². The van der Waals surface area contributed by atoms with E-state index in [1.807, 2.05) is 26.8 Å². The highest BCUT2D eigenvalue weighted by Crippen LogP contribution is 2.35. The second kappa shape index (κ2) is 7.68. The maximum atomic E-state index is 15.4. The predicted octanol–water partition coefficient (Wildman–Crippen LogP) is 5.69. The Balaban J connectivity index is 2.09. The van der Waals surface area contributed by atoms with Crippen LogP contribution in [0.3, 0.4) is 0 Å². The van der Waals surface area contributed by atoms with Gasteiger partial charge in [0.25, 0.3) is 0 Å². The van der Waals surface area contributed by atoms with Crippen molar-refractivity contribution < 1.29 is 13.9 Å². The minimum atomic E-state index is -0.507. The molecule has 0 unspecified atom stereocenters. The maximum Gasteiger partial charge on any atom is 0.337 e. The molecule has 0 fully saturated rings. The standard InChI is InChI=1S/C22H20ClFN2O2/c1-22(2,3)19-10-13(7-8-26-19)16-11-25-12-17(20(16)24)15-6-5-14(9-18(15)23)21(27)28-4/h5-12H,1-4H3. The Morgan fingerprint density at radius 3 is 2.43 bits per heavy atom. The summed E-state index contributed by atoms with van der Waals surface area (Å²) < 4.78 is 20.1. The zero-order chi connectivity index (χ0) is 20.5. The summed E-state index contributed by atoms with van der Waals surface area (Å²) in [7, 11) is 1.29. The normalized spacial score (nSPS) is 11.4. The van der Waals surface area contributed by atoms with Crippen LogP contribution in [0.5, 0.6) is 0 Å². The van der Waals surface area contributed by atoms with Gasteiger partial charge in [0.2, 0.25) is 0 Å². The van der Waals surface area contributed by atoms with E-state index in [1.54, 1.807) is 24.4 Å². The third kappa shape index (κ3) is 3.90. The van der Waals surface area contributed by atoms with E-state index in [1.165, 1.54) is 25.6 Å². The Hall–Kier alpha value is -2.79. The molecule has 0 amide bonds. The zero-order valence-corrected chi connectivity index (χ0v) is 16.8. The first-order valence-electron chi connectivity index (χ1n) is 8.71. The molecule has 0 aliphatic heterocycles. The average molecular weight is 399 g/mol. The van der Waals surface area contributed by atoms with Gasteiger partial charge >= 0.3 is 5.97 Å². The van der Waals surface area contributed by atoms with Gasteiger partial charge in [0.15, 0.2) is 0 Å². The van der Waals surface area contributed by atoms with E-state index in [0.29, 0.717) is 22.3 Å². The first kappa shape index (κ1) is 20.0. The topological polar surface area (TPSA) is 52.1 Å². The maximum absolute atomic E-state index is 15.4. The summed E-state index contributed by atoms with van der Waals surface area (Å²) in [5.74, 6) is -0.943. The Kier molecular flexibility index (Phi) is 5.47. The monoisotopic (exact) mass is 398 g/mol. The molecule has 144 valence electrons. The predicted molar refractivity (Wildman–Crippen MR) is 108 cm³/mol. The van der Waals surface area contributed by atoms with Crippen molar-refractivity contribution in [1.29, 1.82) is 0 Å². The molecule has 1 aromatic carbocycles. The molecule has 2 heterocycles. The number of hydrogen-bond donors (Lipinski definition) is 0. The fraction of sp³-hybridized carbons (Fsp3) is 0.227. The summed E-state index contributed by atoms with van der Waals surface area (Å²) in [6.07, 6.45) is 4.57.